The lowest BCUT2D eigenvalue weighted by Crippen LogP contribution is -2.35. The van der Waals surface area contributed by atoms with Gasteiger partial charge in [-0.05, 0) is 25.5 Å². The molecule has 0 amide bonds. The first kappa shape index (κ1) is 16.9. The van der Waals surface area contributed by atoms with Gasteiger partial charge in [0.05, 0.1) is 17.1 Å². The number of rotatable bonds is 6. The Balaban J connectivity index is 1.96. The summed E-state index contributed by atoms with van der Waals surface area (Å²) in [6, 6.07) is 14.3. The number of fused-ring (bicyclic) bond motifs is 1. The molecule has 0 radical (unpaired) electrons. The van der Waals surface area contributed by atoms with Gasteiger partial charge in [0.25, 0.3) is 5.69 Å². The zero-order chi connectivity index (χ0) is 18.0. The van der Waals surface area contributed by atoms with Crippen molar-refractivity contribution in [2.24, 2.45) is 0 Å². The fourth-order valence-electron chi connectivity index (χ4n) is 2.69. The molecule has 130 valence electrons. The lowest BCUT2D eigenvalue weighted by atomic mass is 10.2. The lowest BCUT2D eigenvalue weighted by Gasteiger charge is -2.26. The summed E-state index contributed by atoms with van der Waals surface area (Å²) in [5.41, 5.74) is 1.83. The zero-order valence-corrected chi connectivity index (χ0v) is 14.1. The topological polar surface area (TPSA) is 81.5 Å². The molecule has 0 aliphatic carbocycles. The molecular weight excluding hydrogens is 322 g/mol. The summed E-state index contributed by atoms with van der Waals surface area (Å²) in [5.74, 6) is -0.519. The van der Waals surface area contributed by atoms with E-state index in [1.165, 1.54) is 22.8 Å². The van der Waals surface area contributed by atoms with Crippen LogP contribution in [0.3, 0.4) is 0 Å². The molecule has 0 fully saturated rings. The van der Waals surface area contributed by atoms with Crippen LogP contribution in [0.1, 0.15) is 19.4 Å². The molecule has 1 aromatic heterocycles. The summed E-state index contributed by atoms with van der Waals surface area (Å²) in [6.45, 7) is 5.03. The van der Waals surface area contributed by atoms with Gasteiger partial charge in [-0.3, -0.25) is 19.6 Å². The van der Waals surface area contributed by atoms with Crippen molar-refractivity contribution in [1.82, 2.24) is 9.47 Å². The molecule has 3 rings (SSSR count). The monoisotopic (exact) mass is 341 g/mol. The number of benzene rings is 2. The van der Waals surface area contributed by atoms with Gasteiger partial charge < -0.3 is 4.42 Å². The summed E-state index contributed by atoms with van der Waals surface area (Å²) in [6.07, 6.45) is 0. The van der Waals surface area contributed by atoms with Crippen LogP contribution in [0.25, 0.3) is 11.1 Å². The minimum absolute atomic E-state index is 0.0683. The molecule has 0 atom stereocenters. The Kier molecular flexibility index (Phi) is 4.67. The maximum absolute atomic E-state index is 12.2. The fourth-order valence-corrected chi connectivity index (χ4v) is 2.69. The Morgan fingerprint density at radius 2 is 1.92 bits per heavy atom. The summed E-state index contributed by atoms with van der Waals surface area (Å²) in [7, 11) is 0. The molecule has 3 aromatic rings. The van der Waals surface area contributed by atoms with Crippen LogP contribution in [-0.2, 0) is 13.2 Å². The molecule has 0 aliphatic rings. The van der Waals surface area contributed by atoms with Crippen LogP contribution in [0.15, 0.2) is 57.7 Å². The standard InChI is InChI=1S/C18H19N3O4/c1-13(2)19(11-14-6-4-3-5-7-14)12-20-16-10-15(21(23)24)8-9-17(16)25-18(20)22/h3-10,13H,11-12H2,1-2H3. The third kappa shape index (κ3) is 3.61. The number of hydrogen-bond acceptors (Lipinski definition) is 5. The third-order valence-electron chi connectivity index (χ3n) is 4.14. The number of nitrogens with zero attached hydrogens (tertiary/aromatic N) is 3. The number of non-ortho nitro benzene ring substituents is 1. The molecule has 0 aliphatic heterocycles. The van der Waals surface area contributed by atoms with Gasteiger partial charge in [-0.15, -0.1) is 0 Å². The van der Waals surface area contributed by atoms with E-state index in [-0.39, 0.29) is 11.7 Å². The smallest absolute Gasteiger partial charge is 0.408 e. The summed E-state index contributed by atoms with van der Waals surface area (Å²) in [5, 5.41) is 11.0. The number of oxazole rings is 1. The molecular formula is C18H19N3O4. The molecule has 0 saturated carbocycles. The van der Waals surface area contributed by atoms with Gasteiger partial charge >= 0.3 is 5.76 Å². The highest BCUT2D eigenvalue weighted by Gasteiger charge is 2.18. The Hall–Kier alpha value is -2.93. The molecule has 1 heterocycles. The highest BCUT2D eigenvalue weighted by molar-refractivity contribution is 5.75. The maximum Gasteiger partial charge on any atom is 0.421 e. The lowest BCUT2D eigenvalue weighted by molar-refractivity contribution is -0.384. The van der Waals surface area contributed by atoms with E-state index in [1.807, 2.05) is 44.2 Å². The van der Waals surface area contributed by atoms with Gasteiger partial charge in [0, 0.05) is 24.7 Å². The van der Waals surface area contributed by atoms with Gasteiger partial charge in [0.1, 0.15) is 0 Å². The molecule has 2 aromatic carbocycles. The average molecular weight is 341 g/mol. The predicted molar refractivity (Wildman–Crippen MR) is 94.2 cm³/mol. The van der Waals surface area contributed by atoms with E-state index < -0.39 is 10.7 Å². The first-order valence-corrected chi connectivity index (χ1v) is 8.01. The minimum Gasteiger partial charge on any atom is -0.408 e. The Morgan fingerprint density at radius 3 is 2.56 bits per heavy atom. The average Bonchev–Trinajstić information content (AvgIpc) is 2.90. The van der Waals surface area contributed by atoms with Crippen LogP contribution in [0.5, 0.6) is 0 Å². The highest BCUT2D eigenvalue weighted by Crippen LogP contribution is 2.21. The molecule has 0 unspecified atom stereocenters. The van der Waals surface area contributed by atoms with E-state index in [2.05, 4.69) is 4.90 Å². The van der Waals surface area contributed by atoms with Crippen molar-refractivity contribution in [3.05, 3.63) is 74.8 Å². The SMILES string of the molecule is CC(C)N(Cc1ccccc1)Cn1c(=O)oc2ccc([N+](=O)[O-])cc21. The molecule has 0 saturated heterocycles. The molecule has 0 bridgehead atoms. The summed E-state index contributed by atoms with van der Waals surface area (Å²) in [4.78, 5) is 24.9. The number of hydrogen-bond donors (Lipinski definition) is 0. The van der Waals surface area contributed by atoms with Crippen molar-refractivity contribution in [3.8, 4) is 0 Å². The van der Waals surface area contributed by atoms with E-state index in [9.17, 15) is 14.9 Å². The molecule has 7 nitrogen and oxygen atoms in total. The van der Waals surface area contributed by atoms with Crippen LogP contribution in [0.4, 0.5) is 5.69 Å². The largest absolute Gasteiger partial charge is 0.421 e. The van der Waals surface area contributed by atoms with E-state index in [1.54, 1.807) is 0 Å². The number of nitro benzene ring substituents is 1. The van der Waals surface area contributed by atoms with Crippen molar-refractivity contribution < 1.29 is 9.34 Å². The van der Waals surface area contributed by atoms with E-state index >= 15 is 0 Å². The van der Waals surface area contributed by atoms with Crippen LogP contribution in [-0.4, -0.2) is 20.4 Å². The minimum atomic E-state index is -0.519. The van der Waals surface area contributed by atoms with E-state index in [0.717, 1.165) is 5.56 Å². The quantitative estimate of drug-likeness (QED) is 0.507. The van der Waals surface area contributed by atoms with Gasteiger partial charge in [0.15, 0.2) is 5.58 Å². The van der Waals surface area contributed by atoms with Crippen molar-refractivity contribution in [3.63, 3.8) is 0 Å². The normalized spacial score (nSPS) is 11.5. The van der Waals surface area contributed by atoms with Gasteiger partial charge in [0.2, 0.25) is 0 Å². The highest BCUT2D eigenvalue weighted by atomic mass is 16.6. The first-order chi connectivity index (χ1) is 12.0. The van der Waals surface area contributed by atoms with Crippen molar-refractivity contribution in [2.45, 2.75) is 33.1 Å². The Bertz CT molecular complexity index is 944. The first-order valence-electron chi connectivity index (χ1n) is 8.01. The van der Waals surface area contributed by atoms with E-state index in [0.29, 0.717) is 24.3 Å². The predicted octanol–water partition coefficient (Wildman–Crippen LogP) is 3.37. The van der Waals surface area contributed by atoms with Gasteiger partial charge in [-0.1, -0.05) is 30.3 Å². The Morgan fingerprint density at radius 1 is 1.20 bits per heavy atom. The number of nitro groups is 1. The van der Waals surface area contributed by atoms with Gasteiger partial charge in [-0.2, -0.15) is 0 Å². The van der Waals surface area contributed by atoms with Crippen LogP contribution < -0.4 is 5.76 Å². The van der Waals surface area contributed by atoms with Crippen LogP contribution in [0, 0.1) is 10.1 Å². The van der Waals surface area contributed by atoms with Crippen LogP contribution >= 0.6 is 0 Å². The fraction of sp³-hybridized carbons (Fsp3) is 0.278. The Labute approximate surface area is 144 Å². The zero-order valence-electron chi connectivity index (χ0n) is 14.1. The second-order valence-corrected chi connectivity index (χ2v) is 6.17. The third-order valence-corrected chi connectivity index (χ3v) is 4.14. The molecule has 25 heavy (non-hydrogen) atoms. The second-order valence-electron chi connectivity index (χ2n) is 6.17. The summed E-state index contributed by atoms with van der Waals surface area (Å²) >= 11 is 0. The van der Waals surface area contributed by atoms with Crippen LogP contribution in [0.2, 0.25) is 0 Å². The van der Waals surface area contributed by atoms with Gasteiger partial charge in [-0.25, -0.2) is 4.79 Å². The maximum atomic E-state index is 12.2. The van der Waals surface area contributed by atoms with Crippen molar-refractivity contribution >= 4 is 16.8 Å². The van der Waals surface area contributed by atoms with E-state index in [4.69, 9.17) is 4.42 Å². The summed E-state index contributed by atoms with van der Waals surface area (Å²) < 4.78 is 6.66. The van der Waals surface area contributed by atoms with Crippen molar-refractivity contribution in [1.29, 1.82) is 0 Å². The van der Waals surface area contributed by atoms with Crippen molar-refractivity contribution in [2.75, 3.05) is 0 Å². The molecule has 0 N–H and O–H groups in total. The molecule has 7 heteroatoms. The molecule has 0 spiro atoms. The number of aromatic nitrogens is 1. The second kappa shape index (κ2) is 6.90.